The quantitative estimate of drug-likeness (QED) is 0.375. The number of amides is 1. The molecule has 1 aliphatic heterocycles. The molecule has 190 valence electrons. The number of ether oxygens (including phenoxy) is 1. The third-order valence-electron chi connectivity index (χ3n) is 6.95. The molecule has 0 aliphatic carbocycles. The van der Waals surface area contributed by atoms with Crippen LogP contribution in [0.5, 0.6) is 5.75 Å². The highest BCUT2D eigenvalue weighted by atomic mass is 19.1. The van der Waals surface area contributed by atoms with Gasteiger partial charge in [0.15, 0.2) is 0 Å². The van der Waals surface area contributed by atoms with Gasteiger partial charge in [-0.1, -0.05) is 68.4 Å². The van der Waals surface area contributed by atoms with Gasteiger partial charge in [-0.15, -0.1) is 0 Å². The van der Waals surface area contributed by atoms with Crippen LogP contribution in [-0.4, -0.2) is 41.9 Å². The van der Waals surface area contributed by atoms with Crippen LogP contribution in [0.4, 0.5) is 4.39 Å². The van der Waals surface area contributed by atoms with E-state index in [-0.39, 0.29) is 23.8 Å². The Bertz CT molecular complexity index is 1100. The van der Waals surface area contributed by atoms with Gasteiger partial charge >= 0.3 is 0 Å². The maximum Gasteiger partial charge on any atom is 0.241 e. The molecule has 0 N–H and O–H groups in total. The first-order valence-corrected chi connectivity index (χ1v) is 12.9. The fourth-order valence-corrected chi connectivity index (χ4v) is 5.19. The number of hydrogen-bond acceptors (Lipinski definition) is 3. The summed E-state index contributed by atoms with van der Waals surface area (Å²) in [6.07, 6.45) is 2.52. The van der Waals surface area contributed by atoms with Crippen LogP contribution in [0, 0.1) is 11.7 Å². The lowest BCUT2D eigenvalue weighted by Crippen LogP contribution is -2.53. The van der Waals surface area contributed by atoms with Crippen molar-refractivity contribution in [3.05, 3.63) is 101 Å². The Morgan fingerprint density at radius 2 is 1.64 bits per heavy atom. The van der Waals surface area contributed by atoms with E-state index < -0.39 is 0 Å². The van der Waals surface area contributed by atoms with E-state index in [0.717, 1.165) is 48.4 Å². The van der Waals surface area contributed by atoms with Crippen molar-refractivity contribution in [1.82, 2.24) is 9.80 Å². The van der Waals surface area contributed by atoms with Crippen LogP contribution in [0.15, 0.2) is 78.9 Å². The van der Waals surface area contributed by atoms with E-state index in [1.165, 1.54) is 12.1 Å². The van der Waals surface area contributed by atoms with Crippen molar-refractivity contribution < 1.29 is 13.9 Å². The van der Waals surface area contributed by atoms with Gasteiger partial charge in [0.1, 0.15) is 11.6 Å². The number of methoxy groups -OCH3 is 1. The molecular weight excluding hydrogens is 451 g/mol. The molecule has 0 radical (unpaired) electrons. The number of carbonyl (C=O) groups excluding carboxylic acids is 1. The van der Waals surface area contributed by atoms with E-state index in [4.69, 9.17) is 4.74 Å². The Balaban J connectivity index is 1.73. The fraction of sp³-hybridized carbons (Fsp3) is 0.387. The van der Waals surface area contributed by atoms with E-state index in [2.05, 4.69) is 43.0 Å². The van der Waals surface area contributed by atoms with Gasteiger partial charge in [0.2, 0.25) is 5.91 Å². The summed E-state index contributed by atoms with van der Waals surface area (Å²) in [5, 5.41) is 0. The van der Waals surface area contributed by atoms with Crippen molar-refractivity contribution in [2.45, 2.75) is 51.7 Å². The van der Waals surface area contributed by atoms with Gasteiger partial charge < -0.3 is 9.64 Å². The predicted molar refractivity (Wildman–Crippen MR) is 142 cm³/mol. The van der Waals surface area contributed by atoms with Gasteiger partial charge in [-0.3, -0.25) is 9.69 Å². The molecule has 1 saturated heterocycles. The highest BCUT2D eigenvalue weighted by Gasteiger charge is 2.36. The van der Waals surface area contributed by atoms with E-state index in [1.807, 2.05) is 35.2 Å². The van der Waals surface area contributed by atoms with Crippen molar-refractivity contribution >= 4 is 5.91 Å². The Kier molecular flexibility index (Phi) is 8.76. The molecule has 4 rings (SSSR count). The van der Waals surface area contributed by atoms with E-state index in [1.54, 1.807) is 19.2 Å². The van der Waals surface area contributed by atoms with Gasteiger partial charge in [-0.2, -0.15) is 0 Å². The first-order chi connectivity index (χ1) is 17.4. The summed E-state index contributed by atoms with van der Waals surface area (Å²) in [4.78, 5) is 18.9. The number of halogens is 1. The fourth-order valence-electron chi connectivity index (χ4n) is 5.19. The molecule has 1 amide bonds. The van der Waals surface area contributed by atoms with Gasteiger partial charge in [0.05, 0.1) is 19.2 Å². The van der Waals surface area contributed by atoms with Crippen molar-refractivity contribution in [3.8, 4) is 5.75 Å². The molecular formula is C31H37FN2O2. The second-order valence-electron chi connectivity index (χ2n) is 10.1. The lowest BCUT2D eigenvalue weighted by molar-refractivity contribution is -0.142. The number of nitrogens with zero attached hydrogens (tertiary/aromatic N) is 2. The lowest BCUT2D eigenvalue weighted by atomic mass is 9.93. The minimum atomic E-state index is -0.269. The van der Waals surface area contributed by atoms with Crippen LogP contribution in [0.3, 0.4) is 0 Å². The Labute approximate surface area is 214 Å². The Morgan fingerprint density at radius 3 is 2.28 bits per heavy atom. The molecule has 1 aliphatic rings. The molecule has 2 atom stereocenters. The second kappa shape index (κ2) is 12.2. The van der Waals surface area contributed by atoms with Crippen LogP contribution in [0.2, 0.25) is 0 Å². The molecule has 1 fully saturated rings. The molecule has 0 bridgehead atoms. The maximum absolute atomic E-state index is 14.5. The minimum absolute atomic E-state index is 0.0621. The smallest absolute Gasteiger partial charge is 0.241 e. The van der Waals surface area contributed by atoms with Gasteiger partial charge in [-0.05, 0) is 72.7 Å². The normalized spacial score (nSPS) is 19.2. The van der Waals surface area contributed by atoms with Crippen LogP contribution >= 0.6 is 0 Å². The monoisotopic (exact) mass is 488 g/mol. The zero-order valence-electron chi connectivity index (χ0n) is 21.6. The molecule has 1 heterocycles. The average Bonchev–Trinajstić information content (AvgIpc) is 2.89. The summed E-state index contributed by atoms with van der Waals surface area (Å²) < 4.78 is 19.0. The zero-order chi connectivity index (χ0) is 25.5. The Hall–Kier alpha value is -3.18. The van der Waals surface area contributed by atoms with Crippen LogP contribution in [-0.2, 0) is 17.8 Å². The van der Waals surface area contributed by atoms with Gasteiger partial charge in [0, 0.05) is 13.1 Å². The molecule has 4 nitrogen and oxygen atoms in total. The van der Waals surface area contributed by atoms with E-state index in [9.17, 15) is 9.18 Å². The minimum Gasteiger partial charge on any atom is -0.497 e. The van der Waals surface area contributed by atoms with Crippen molar-refractivity contribution in [3.63, 3.8) is 0 Å². The predicted octanol–water partition coefficient (Wildman–Crippen LogP) is 6.27. The third kappa shape index (κ3) is 6.52. The molecule has 0 saturated carbocycles. The van der Waals surface area contributed by atoms with Crippen molar-refractivity contribution in [1.29, 1.82) is 0 Å². The SMILES string of the molecule is COc1ccc([C@H]2CCCN(CC(C)C)[C@H](Cc3ccccc3)C(=O)N2Cc2ccc(F)cc2)cc1. The standard InChI is InChI=1S/C31H37FN2O2/c1-23(2)21-33-19-7-10-29(26-13-17-28(36-3)18-14-26)34(22-25-11-15-27(32)16-12-25)31(35)30(33)20-24-8-5-4-6-9-24/h4-6,8-9,11-18,23,29-30H,7,10,19-22H2,1-3H3/t29-,30-/m1/s1. The van der Waals surface area contributed by atoms with E-state index in [0.29, 0.717) is 18.9 Å². The van der Waals surface area contributed by atoms with E-state index >= 15 is 0 Å². The molecule has 5 heteroatoms. The first-order valence-electron chi connectivity index (χ1n) is 12.9. The molecule has 3 aromatic carbocycles. The number of hydrogen-bond donors (Lipinski definition) is 0. The van der Waals surface area contributed by atoms with Crippen LogP contribution in [0.25, 0.3) is 0 Å². The third-order valence-corrected chi connectivity index (χ3v) is 6.95. The summed E-state index contributed by atoms with van der Waals surface area (Å²) in [5.74, 6) is 1.11. The average molecular weight is 489 g/mol. The molecule has 3 aromatic rings. The largest absolute Gasteiger partial charge is 0.497 e. The Morgan fingerprint density at radius 1 is 0.944 bits per heavy atom. The summed E-state index contributed by atoms with van der Waals surface area (Å²) in [6.45, 7) is 6.62. The summed E-state index contributed by atoms with van der Waals surface area (Å²) in [7, 11) is 1.66. The summed E-state index contributed by atoms with van der Waals surface area (Å²) in [6, 6.07) is 24.5. The molecule has 0 aromatic heterocycles. The second-order valence-corrected chi connectivity index (χ2v) is 10.1. The number of rotatable bonds is 8. The van der Waals surface area contributed by atoms with Gasteiger partial charge in [-0.25, -0.2) is 4.39 Å². The summed E-state index contributed by atoms with van der Waals surface area (Å²) >= 11 is 0. The highest BCUT2D eigenvalue weighted by molar-refractivity contribution is 5.83. The van der Waals surface area contributed by atoms with Gasteiger partial charge in [0.25, 0.3) is 0 Å². The van der Waals surface area contributed by atoms with Crippen LogP contribution in [0.1, 0.15) is 49.4 Å². The lowest BCUT2D eigenvalue weighted by Gasteiger charge is -2.42. The number of carbonyl (C=O) groups is 1. The topological polar surface area (TPSA) is 32.8 Å². The molecule has 36 heavy (non-hydrogen) atoms. The van der Waals surface area contributed by atoms with Crippen molar-refractivity contribution in [2.24, 2.45) is 5.92 Å². The van der Waals surface area contributed by atoms with Crippen molar-refractivity contribution in [2.75, 3.05) is 20.2 Å². The molecule has 0 spiro atoms. The van der Waals surface area contributed by atoms with Crippen LogP contribution < -0.4 is 4.74 Å². The highest BCUT2D eigenvalue weighted by Crippen LogP contribution is 2.33. The summed E-state index contributed by atoms with van der Waals surface area (Å²) in [5.41, 5.74) is 3.19. The molecule has 0 unspecified atom stereocenters. The number of benzene rings is 3. The zero-order valence-corrected chi connectivity index (χ0v) is 21.6. The first kappa shape index (κ1) is 25.9. The maximum atomic E-state index is 14.5.